The van der Waals surface area contributed by atoms with Gasteiger partial charge in [-0.05, 0) is 251 Å². The smallest absolute Gasteiger partial charge is 0.336 e. The third-order valence-corrected chi connectivity index (χ3v) is 28.0. The highest BCUT2D eigenvalue weighted by atomic mass is 32.2. The number of nitrogens with zero attached hydrogens (tertiary/aromatic N) is 12. The number of carbonyl (C=O) groups excluding carboxylic acids is 3. The fourth-order valence-electron chi connectivity index (χ4n) is 16.8. The highest BCUT2D eigenvalue weighted by molar-refractivity contribution is 7.98. The molecule has 15 rings (SSSR count). The van der Waals surface area contributed by atoms with Crippen LogP contribution < -0.4 is 16.7 Å². The molecule has 2 atom stereocenters. The number of hydrogen-bond donors (Lipinski definition) is 0. The van der Waals surface area contributed by atoms with Crippen LogP contribution in [-0.2, 0) is 115 Å². The first kappa shape index (κ1) is 90.4. The van der Waals surface area contributed by atoms with Crippen molar-refractivity contribution in [1.82, 2.24) is 58.1 Å². The molecule has 3 aliphatic carbocycles. The van der Waals surface area contributed by atoms with Gasteiger partial charge in [0.1, 0.15) is 37.1 Å². The van der Waals surface area contributed by atoms with Gasteiger partial charge >= 0.3 is 18.5 Å². The molecule has 0 aliphatic heterocycles. The summed E-state index contributed by atoms with van der Waals surface area (Å²) in [4.78, 5) is 103. The molecule has 3 heterocycles. The molecular weight excluding hydrogens is 1890 g/mol. The Labute approximate surface area is 842 Å². The van der Waals surface area contributed by atoms with Crippen LogP contribution in [0.1, 0.15) is 173 Å². The second-order valence-corrected chi connectivity index (χ2v) is 36.7. The zero-order valence-corrected chi connectivity index (χ0v) is 80.8. The van der Waals surface area contributed by atoms with Gasteiger partial charge in [-0.15, -0.1) is 0 Å². The minimum atomic E-state index is -4.49. The molecule has 12 aromatic rings. The van der Waals surface area contributed by atoms with Crippen molar-refractivity contribution in [3.8, 4) is 33.4 Å². The fourth-order valence-corrected chi connectivity index (χ4v) is 19.7. The number of benzene rings is 9. The summed E-state index contributed by atoms with van der Waals surface area (Å²) < 4.78 is 263. The lowest BCUT2D eigenvalue weighted by molar-refractivity contribution is -0.138. The average Bonchev–Trinajstić information content (AvgIpc) is 1.76. The Bertz CT molecular complexity index is 6980. The number of likely N-dealkylation sites (N-methyl/N-ethyl adjacent to an activating group) is 3. The van der Waals surface area contributed by atoms with E-state index in [0.29, 0.717) is 173 Å². The molecule has 0 bridgehead atoms. The highest BCUT2D eigenvalue weighted by Gasteiger charge is 2.36. The van der Waals surface area contributed by atoms with Crippen molar-refractivity contribution in [2.75, 3.05) is 79.3 Å². The van der Waals surface area contributed by atoms with Gasteiger partial charge in [0.05, 0.1) is 31.5 Å². The van der Waals surface area contributed by atoms with Crippen molar-refractivity contribution >= 4 is 53.0 Å². The zero-order chi connectivity index (χ0) is 111. The first-order valence-electron chi connectivity index (χ1n) is 51.9. The minimum Gasteiger partial charge on any atom is -0.336 e. The van der Waals surface area contributed by atoms with Crippen LogP contribution in [0.3, 0.4) is 0 Å². The quantitative estimate of drug-likeness (QED) is 0.0204. The summed E-state index contributed by atoms with van der Waals surface area (Å²) in [6, 6.07) is 48.9. The van der Waals surface area contributed by atoms with Crippen LogP contribution in [0, 0.1) is 17.5 Å². The van der Waals surface area contributed by atoms with Gasteiger partial charge in [0.2, 0.25) is 17.7 Å². The van der Waals surface area contributed by atoms with Crippen molar-refractivity contribution in [2.24, 2.45) is 0 Å². The molecule has 18 nitrogen and oxygen atoms in total. The summed E-state index contributed by atoms with van der Waals surface area (Å²) in [6.07, 6.45) is -7.96. The fraction of sp³-hybridized carbons (Fsp3) is 0.361. The molecule has 0 saturated heterocycles. The van der Waals surface area contributed by atoms with E-state index in [1.807, 2.05) is 18.4 Å². The maximum Gasteiger partial charge on any atom is 0.416 e. The summed E-state index contributed by atoms with van der Waals surface area (Å²) in [5.41, 5.74) is 7.81. The molecule has 2 unspecified atom stereocenters. The van der Waals surface area contributed by atoms with Crippen molar-refractivity contribution < 1.29 is 83.5 Å². The monoisotopic (exact) mass is 2010 g/mol. The maximum absolute atomic E-state index is 14.5. The van der Waals surface area contributed by atoms with Crippen LogP contribution in [-0.4, -0.2) is 155 Å². The second kappa shape index (κ2) is 48.7. The van der Waals surface area contributed by atoms with Crippen LogP contribution in [0.2, 0.25) is 0 Å². The molecule has 141 heavy (non-hydrogen) atoms. The van der Waals surface area contributed by atoms with Gasteiger partial charge in [-0.2, -0.15) is 54.5 Å². The van der Waals surface area contributed by atoms with Crippen LogP contribution in [0.4, 0.5) is 52.7 Å². The molecular formula is C108H114F12N12O6S3. The molecule has 0 spiro atoms. The molecule has 0 saturated carbocycles. The van der Waals surface area contributed by atoms with E-state index in [-0.39, 0.29) is 86.2 Å². The molecule has 0 N–H and O–H groups in total. The maximum atomic E-state index is 14.5. The van der Waals surface area contributed by atoms with Crippen molar-refractivity contribution in [2.45, 2.75) is 189 Å². The number of rotatable bonds is 37. The Balaban J connectivity index is 0.000000191. The Hall–Kier alpha value is -11.9. The van der Waals surface area contributed by atoms with Gasteiger partial charge in [-0.25, -0.2) is 13.2 Å². The Morgan fingerprint density at radius 3 is 0.943 bits per heavy atom. The summed E-state index contributed by atoms with van der Waals surface area (Å²) >= 11 is 3.73. The summed E-state index contributed by atoms with van der Waals surface area (Å²) in [7, 11) is 0. The normalized spacial score (nSPS) is 15.4. The molecule has 33 heteroatoms. The van der Waals surface area contributed by atoms with Crippen LogP contribution >= 0.6 is 35.3 Å². The third kappa shape index (κ3) is 28.3. The SMILES string of the molecule is [2H]C(C)(c1ccc(-c2ccc(C(F)(F)F)cc2)cc1)N(CCN(CC)CC)C(=O)Cn1c(SCc2ccc(F)cc2)nc(=O)c2c1CCC2.[2H]C([2H])([2H])N(CCN(C(=O)Cn1c(SCc2ccc(F)cc2)nc(=O)c2c1CCC2)C([2H])(C)c1ccc(-c2ccc(C(F)(F)F)cc2)cc1)C([2H])([2H])C.[2H]C([2H])([2H])N(CCN(Cc1ccc(-c2ccc(C(F)(F)F)cc2)cc1)C(=O)Cn1c(SCc2ccc(F)cc2)nc(=O)c2c1CCC2)C([2H])([2H])C. The highest BCUT2D eigenvalue weighted by Crippen LogP contribution is 2.39. The van der Waals surface area contributed by atoms with E-state index in [1.165, 1.54) is 120 Å². The van der Waals surface area contributed by atoms with Crippen LogP contribution in [0.25, 0.3) is 33.4 Å². The molecule has 3 aliphatic rings. The van der Waals surface area contributed by atoms with Crippen LogP contribution in [0.15, 0.2) is 248 Å². The lowest BCUT2D eigenvalue weighted by Crippen LogP contribution is -2.42. The Morgan fingerprint density at radius 1 is 0.376 bits per heavy atom. The van der Waals surface area contributed by atoms with Gasteiger partial charge in [0, 0.05) is 111 Å². The number of amides is 3. The lowest BCUT2D eigenvalue weighted by atomic mass is 9.99. The van der Waals surface area contributed by atoms with Crippen LogP contribution in [0.5, 0.6) is 0 Å². The number of carbonyl (C=O) groups is 3. The lowest BCUT2D eigenvalue weighted by Gasteiger charge is -2.33. The van der Waals surface area contributed by atoms with Gasteiger partial charge in [0.25, 0.3) is 16.7 Å². The number of thioether (sulfide) groups is 3. The largest absolute Gasteiger partial charge is 0.416 e. The topological polar surface area (TPSA) is 175 Å². The third-order valence-electron chi connectivity index (χ3n) is 24.9. The summed E-state index contributed by atoms with van der Waals surface area (Å²) in [6.45, 7) is -0.430. The summed E-state index contributed by atoms with van der Waals surface area (Å²) in [5.74, 6) is -1.40. The van der Waals surface area contributed by atoms with E-state index in [9.17, 15) is 84.2 Å². The Kier molecular flexibility index (Phi) is 31.2. The zero-order valence-electron chi connectivity index (χ0n) is 90.3. The Morgan fingerprint density at radius 2 is 0.652 bits per heavy atom. The summed E-state index contributed by atoms with van der Waals surface area (Å²) in [5, 5.41) is 0.961. The first-order valence-corrected chi connectivity index (χ1v) is 48.8. The number of aromatic nitrogens is 6. The first-order chi connectivity index (χ1) is 71.9. The van der Waals surface area contributed by atoms with E-state index in [1.54, 1.807) is 130 Å². The van der Waals surface area contributed by atoms with Gasteiger partial charge in [0.15, 0.2) is 15.5 Å². The predicted molar refractivity (Wildman–Crippen MR) is 530 cm³/mol. The minimum absolute atomic E-state index is 0.0154. The molecule has 0 fully saturated rings. The predicted octanol–water partition coefficient (Wildman–Crippen LogP) is 22.0. The van der Waals surface area contributed by atoms with E-state index in [2.05, 4.69) is 19.9 Å². The van der Waals surface area contributed by atoms with E-state index >= 15 is 0 Å². The van der Waals surface area contributed by atoms with E-state index < -0.39 is 104 Å². The number of hydrogen-bond acceptors (Lipinski definition) is 15. The van der Waals surface area contributed by atoms with Crippen molar-refractivity contribution in [3.63, 3.8) is 0 Å². The number of alkyl halides is 9. The molecule has 744 valence electrons. The molecule has 0 radical (unpaired) electrons. The molecule has 3 aromatic heterocycles. The number of halogens is 12. The molecule has 9 aromatic carbocycles. The van der Waals surface area contributed by atoms with E-state index in [4.69, 9.17) is 13.7 Å². The van der Waals surface area contributed by atoms with E-state index in [0.717, 1.165) is 97.0 Å². The van der Waals surface area contributed by atoms with Gasteiger partial charge in [-0.1, -0.05) is 209 Å². The number of fused-ring (bicyclic) bond motifs is 3. The van der Waals surface area contributed by atoms with Crippen molar-refractivity contribution in [3.05, 3.63) is 351 Å². The second-order valence-electron chi connectivity index (χ2n) is 33.9. The van der Waals surface area contributed by atoms with Gasteiger partial charge < -0.3 is 43.1 Å². The molecule has 3 amide bonds. The standard InChI is InChI=1S/C37H40F4N4O2S.C36H38F4N4O2S.C35H36F4N4O2S/c1-4-43(5-2)21-22-44(25(3)27-11-13-28(14-12-27)29-15-17-30(18-16-29)37(39,40)41)34(46)23-45-33-8-6-7-32(33)35(47)42-36(45)48-24-26-9-19-31(38)20-10-26;1-4-42(3)20-21-43(24(2)26-10-12-27(13-11-26)28-14-16-29(17-15-28)36(38,39)40)33(45)22-44-32-7-5-6-31(32)34(46)41-35(44)47-23-25-8-18-30(37)19-9-25;1-3-41(2)19-20-42(21-24-7-11-26(12-8-24)27-13-15-28(16-14-27)35(37,38)39)32(44)22-43-31-6-4-5-30(31)33(45)40-34(43)46-23-25-9-17-29(36)18-10-25/h9-20,25H,4-8,21-24H2,1-3H3;8-19,24H,4-7,20-23H2,1-3H3;7-18H,3-6,19-23H2,1-2H3/i25D;3D3,4D2,24D;2D3,3D2. The van der Waals surface area contributed by atoms with Gasteiger partial charge in [-0.3, -0.25) is 28.8 Å². The average molecular weight is 2010 g/mol. The van der Waals surface area contributed by atoms with Crippen molar-refractivity contribution in [1.29, 1.82) is 0 Å².